The molecule has 0 saturated heterocycles. The molecule has 14 heavy (non-hydrogen) atoms. The van der Waals surface area contributed by atoms with Gasteiger partial charge in [0.15, 0.2) is 5.13 Å². The molecule has 2 rings (SSSR count). The molecular formula is C9H16N4S. The van der Waals surface area contributed by atoms with Gasteiger partial charge >= 0.3 is 0 Å². The van der Waals surface area contributed by atoms with E-state index in [4.69, 9.17) is 5.84 Å². The first-order chi connectivity index (χ1) is 6.79. The Morgan fingerprint density at radius 3 is 3.00 bits per heavy atom. The lowest BCUT2D eigenvalue weighted by atomic mass is 9.92. The lowest BCUT2D eigenvalue weighted by Gasteiger charge is -2.34. The lowest BCUT2D eigenvalue weighted by Crippen LogP contribution is -2.36. The monoisotopic (exact) mass is 212 g/mol. The van der Waals surface area contributed by atoms with E-state index >= 15 is 0 Å². The van der Waals surface area contributed by atoms with Gasteiger partial charge in [0, 0.05) is 23.7 Å². The molecule has 0 bridgehead atoms. The number of thiazole rings is 1. The van der Waals surface area contributed by atoms with Gasteiger partial charge in [-0.15, -0.1) is 0 Å². The van der Waals surface area contributed by atoms with E-state index in [0.717, 1.165) is 17.7 Å². The number of nitrogens with zero attached hydrogens (tertiary/aromatic N) is 2. The molecule has 0 unspecified atom stereocenters. The van der Waals surface area contributed by atoms with Crippen LogP contribution in [0.3, 0.4) is 0 Å². The number of nitrogen functional groups attached to an aromatic ring is 1. The Morgan fingerprint density at radius 1 is 1.71 bits per heavy atom. The van der Waals surface area contributed by atoms with Crippen molar-refractivity contribution < 1.29 is 0 Å². The van der Waals surface area contributed by atoms with Crippen LogP contribution in [0.15, 0.2) is 6.20 Å². The molecule has 1 heterocycles. The highest BCUT2D eigenvalue weighted by Gasteiger charge is 2.22. The summed E-state index contributed by atoms with van der Waals surface area (Å²) >= 11 is 1.62. The molecule has 3 N–H and O–H groups in total. The molecule has 0 radical (unpaired) electrons. The number of aromatic nitrogens is 1. The summed E-state index contributed by atoms with van der Waals surface area (Å²) in [6, 6.07) is 0.784. The van der Waals surface area contributed by atoms with E-state index in [0.29, 0.717) is 0 Å². The first kappa shape index (κ1) is 9.89. The van der Waals surface area contributed by atoms with Gasteiger partial charge in [-0.25, -0.2) is 10.8 Å². The van der Waals surface area contributed by atoms with Crippen LogP contribution in [0.4, 0.5) is 5.13 Å². The molecule has 5 heteroatoms. The average molecular weight is 212 g/mol. The number of rotatable bonds is 4. The van der Waals surface area contributed by atoms with Gasteiger partial charge in [-0.1, -0.05) is 17.8 Å². The van der Waals surface area contributed by atoms with Gasteiger partial charge in [0.2, 0.25) is 0 Å². The van der Waals surface area contributed by atoms with E-state index in [2.05, 4.69) is 22.4 Å². The predicted octanol–water partition coefficient (Wildman–Crippen LogP) is 1.41. The van der Waals surface area contributed by atoms with Crippen molar-refractivity contribution in [2.45, 2.75) is 31.8 Å². The standard InChI is InChI=1S/C9H16N4S/c1-13(7-3-2-4-7)6-8-5-11-9(12-10)14-8/h5,7H,2-4,6,10H2,1H3,(H,11,12). The Morgan fingerprint density at radius 2 is 2.50 bits per heavy atom. The molecule has 0 aliphatic heterocycles. The van der Waals surface area contributed by atoms with E-state index in [1.165, 1.54) is 24.1 Å². The summed E-state index contributed by atoms with van der Waals surface area (Å²) in [7, 11) is 2.18. The van der Waals surface area contributed by atoms with Crippen LogP contribution in [0.1, 0.15) is 24.1 Å². The molecule has 1 aromatic rings. The maximum absolute atomic E-state index is 5.28. The van der Waals surface area contributed by atoms with Crippen molar-refractivity contribution in [3.63, 3.8) is 0 Å². The maximum Gasteiger partial charge on any atom is 0.197 e. The molecule has 1 aromatic heterocycles. The maximum atomic E-state index is 5.28. The minimum atomic E-state index is 0.784. The summed E-state index contributed by atoms with van der Waals surface area (Å²) in [4.78, 5) is 7.82. The minimum Gasteiger partial charge on any atom is -0.300 e. The fraction of sp³-hybridized carbons (Fsp3) is 0.667. The molecular weight excluding hydrogens is 196 g/mol. The molecule has 1 aliphatic carbocycles. The Labute approximate surface area is 88.1 Å². The molecule has 4 nitrogen and oxygen atoms in total. The van der Waals surface area contributed by atoms with Crippen LogP contribution in [0.2, 0.25) is 0 Å². The highest BCUT2D eigenvalue weighted by atomic mass is 32.1. The van der Waals surface area contributed by atoms with Crippen molar-refractivity contribution in [2.24, 2.45) is 5.84 Å². The molecule has 1 fully saturated rings. The van der Waals surface area contributed by atoms with Crippen LogP contribution in [-0.4, -0.2) is 23.0 Å². The summed E-state index contributed by atoms with van der Waals surface area (Å²) in [6.45, 7) is 0.990. The number of hydrazine groups is 1. The second kappa shape index (κ2) is 4.25. The predicted molar refractivity (Wildman–Crippen MR) is 59.0 cm³/mol. The van der Waals surface area contributed by atoms with Crippen LogP contribution in [0.5, 0.6) is 0 Å². The number of hydrogen-bond acceptors (Lipinski definition) is 5. The normalized spacial score (nSPS) is 17.1. The lowest BCUT2D eigenvalue weighted by molar-refractivity contribution is 0.154. The third-order valence-corrected chi connectivity index (χ3v) is 3.69. The Kier molecular flexibility index (Phi) is 3.00. The topological polar surface area (TPSA) is 54.2 Å². The fourth-order valence-electron chi connectivity index (χ4n) is 1.65. The molecule has 0 spiro atoms. The zero-order valence-electron chi connectivity index (χ0n) is 8.36. The highest BCUT2D eigenvalue weighted by molar-refractivity contribution is 7.15. The van der Waals surface area contributed by atoms with Crippen molar-refractivity contribution in [3.8, 4) is 0 Å². The Bertz CT molecular complexity index is 295. The van der Waals surface area contributed by atoms with Crippen LogP contribution in [0.25, 0.3) is 0 Å². The number of anilines is 1. The molecule has 0 aromatic carbocycles. The van der Waals surface area contributed by atoms with Gasteiger partial charge in [0.05, 0.1) is 0 Å². The quantitative estimate of drug-likeness (QED) is 0.585. The van der Waals surface area contributed by atoms with Crippen molar-refractivity contribution in [3.05, 3.63) is 11.1 Å². The van der Waals surface area contributed by atoms with Gasteiger partial charge in [-0.2, -0.15) is 0 Å². The smallest absolute Gasteiger partial charge is 0.197 e. The number of nitrogens with one attached hydrogen (secondary N) is 1. The Balaban J connectivity index is 1.89. The zero-order chi connectivity index (χ0) is 9.97. The third-order valence-electron chi connectivity index (χ3n) is 2.78. The summed E-state index contributed by atoms with van der Waals surface area (Å²) in [5, 5.41) is 0.794. The van der Waals surface area contributed by atoms with Crippen molar-refractivity contribution in [1.29, 1.82) is 0 Å². The summed E-state index contributed by atoms with van der Waals surface area (Å²) in [5.74, 6) is 5.28. The van der Waals surface area contributed by atoms with E-state index in [-0.39, 0.29) is 0 Å². The van der Waals surface area contributed by atoms with Crippen molar-refractivity contribution in [2.75, 3.05) is 12.5 Å². The fourth-order valence-corrected chi connectivity index (χ4v) is 2.44. The largest absolute Gasteiger partial charge is 0.300 e. The SMILES string of the molecule is CN(Cc1cnc(NN)s1)C1CCC1. The van der Waals surface area contributed by atoms with E-state index in [9.17, 15) is 0 Å². The first-order valence-corrected chi connectivity index (χ1v) is 5.73. The highest BCUT2D eigenvalue weighted by Crippen LogP contribution is 2.26. The molecule has 1 saturated carbocycles. The summed E-state index contributed by atoms with van der Waals surface area (Å²) < 4.78 is 0. The zero-order valence-corrected chi connectivity index (χ0v) is 9.18. The molecule has 78 valence electrons. The molecule has 0 atom stereocenters. The third kappa shape index (κ3) is 2.05. The summed E-state index contributed by atoms with van der Waals surface area (Å²) in [6.07, 6.45) is 5.97. The van der Waals surface area contributed by atoms with Crippen LogP contribution < -0.4 is 11.3 Å². The minimum absolute atomic E-state index is 0.784. The van der Waals surface area contributed by atoms with Gasteiger partial charge in [0.25, 0.3) is 0 Å². The number of hydrogen-bond donors (Lipinski definition) is 2. The van der Waals surface area contributed by atoms with Crippen molar-refractivity contribution in [1.82, 2.24) is 9.88 Å². The van der Waals surface area contributed by atoms with Crippen molar-refractivity contribution >= 4 is 16.5 Å². The van der Waals surface area contributed by atoms with Crippen LogP contribution >= 0.6 is 11.3 Å². The van der Waals surface area contributed by atoms with Crippen LogP contribution in [0, 0.1) is 0 Å². The second-order valence-electron chi connectivity index (χ2n) is 3.78. The van der Waals surface area contributed by atoms with Gasteiger partial charge in [-0.05, 0) is 19.9 Å². The first-order valence-electron chi connectivity index (χ1n) is 4.91. The van der Waals surface area contributed by atoms with Gasteiger partial charge in [-0.3, -0.25) is 10.3 Å². The molecule has 1 aliphatic rings. The molecule has 0 amide bonds. The van der Waals surface area contributed by atoms with Crippen LogP contribution in [-0.2, 0) is 6.54 Å². The Hall–Kier alpha value is -0.650. The van der Waals surface area contributed by atoms with E-state index in [1.54, 1.807) is 11.3 Å². The summed E-state index contributed by atoms with van der Waals surface area (Å²) in [5.41, 5.74) is 2.57. The average Bonchev–Trinajstić information content (AvgIpc) is 2.48. The van der Waals surface area contributed by atoms with Gasteiger partial charge in [0.1, 0.15) is 0 Å². The van der Waals surface area contributed by atoms with E-state index < -0.39 is 0 Å². The second-order valence-corrected chi connectivity index (χ2v) is 4.89. The number of nitrogens with two attached hydrogens (primary N) is 1. The van der Waals surface area contributed by atoms with E-state index in [1.807, 2.05) is 6.20 Å². The van der Waals surface area contributed by atoms with Gasteiger partial charge < -0.3 is 0 Å².